The second-order valence-corrected chi connectivity index (χ2v) is 6.94. The SMILES string of the molecule is CCCc1nnc(COc2ccc3c(C)c(C)c(=S)oc3c2)s1. The highest BCUT2D eigenvalue weighted by molar-refractivity contribution is 7.71. The maximum atomic E-state index is 5.82. The minimum absolute atomic E-state index is 0.415. The molecule has 0 aliphatic heterocycles. The first kappa shape index (κ1) is 16.1. The summed E-state index contributed by atoms with van der Waals surface area (Å²) in [5, 5.41) is 11.3. The molecule has 2 heterocycles. The molecule has 3 rings (SSSR count). The van der Waals surface area contributed by atoms with E-state index in [0.717, 1.165) is 50.7 Å². The Labute approximate surface area is 144 Å². The molecule has 23 heavy (non-hydrogen) atoms. The largest absolute Gasteiger partial charge is 0.486 e. The van der Waals surface area contributed by atoms with Gasteiger partial charge in [-0.1, -0.05) is 18.3 Å². The molecule has 0 saturated carbocycles. The van der Waals surface area contributed by atoms with Gasteiger partial charge in [0.05, 0.1) is 0 Å². The molecule has 0 bridgehead atoms. The fraction of sp³-hybridized carbons (Fsp3) is 0.353. The van der Waals surface area contributed by atoms with E-state index in [-0.39, 0.29) is 0 Å². The van der Waals surface area contributed by atoms with Crippen LogP contribution >= 0.6 is 23.6 Å². The van der Waals surface area contributed by atoms with E-state index in [1.54, 1.807) is 11.3 Å². The molecule has 120 valence electrons. The van der Waals surface area contributed by atoms with E-state index in [2.05, 4.69) is 24.0 Å². The van der Waals surface area contributed by atoms with Crippen LogP contribution in [0.15, 0.2) is 22.6 Å². The van der Waals surface area contributed by atoms with Gasteiger partial charge < -0.3 is 9.15 Å². The molecule has 3 aromatic rings. The summed E-state index contributed by atoms with van der Waals surface area (Å²) in [6.45, 7) is 6.58. The van der Waals surface area contributed by atoms with Gasteiger partial charge in [0.2, 0.25) is 0 Å². The van der Waals surface area contributed by atoms with Crippen molar-refractivity contribution in [1.82, 2.24) is 10.2 Å². The van der Waals surface area contributed by atoms with Crippen LogP contribution in [-0.2, 0) is 13.0 Å². The summed E-state index contributed by atoms with van der Waals surface area (Å²) in [4.78, 5) is 0. The molecule has 4 nitrogen and oxygen atoms in total. The maximum absolute atomic E-state index is 5.82. The van der Waals surface area contributed by atoms with Gasteiger partial charge in [-0.15, -0.1) is 10.2 Å². The molecule has 0 saturated heterocycles. The van der Waals surface area contributed by atoms with Crippen LogP contribution in [0.3, 0.4) is 0 Å². The third-order valence-corrected chi connectivity index (χ3v) is 5.11. The molecule has 0 spiro atoms. The van der Waals surface area contributed by atoms with E-state index in [1.165, 1.54) is 0 Å². The van der Waals surface area contributed by atoms with Crippen LogP contribution in [0.2, 0.25) is 0 Å². The summed E-state index contributed by atoms with van der Waals surface area (Å²) in [5.74, 6) is 0.742. The van der Waals surface area contributed by atoms with Crippen molar-refractivity contribution in [2.45, 2.75) is 40.2 Å². The summed E-state index contributed by atoms with van der Waals surface area (Å²) in [5.41, 5.74) is 2.91. The highest BCUT2D eigenvalue weighted by Crippen LogP contribution is 2.27. The zero-order valence-electron chi connectivity index (χ0n) is 13.4. The first-order chi connectivity index (χ1) is 11.1. The highest BCUT2D eigenvalue weighted by Gasteiger charge is 2.08. The number of nitrogens with zero attached hydrogens (tertiary/aromatic N) is 2. The Kier molecular flexibility index (Phi) is 4.73. The quantitative estimate of drug-likeness (QED) is 0.597. The molecule has 0 N–H and O–H groups in total. The third-order valence-electron chi connectivity index (χ3n) is 3.76. The van der Waals surface area contributed by atoms with Gasteiger partial charge >= 0.3 is 0 Å². The molecular formula is C17H18N2O2S2. The number of rotatable bonds is 5. The van der Waals surface area contributed by atoms with Crippen LogP contribution in [0, 0.1) is 18.6 Å². The molecule has 1 aromatic carbocycles. The van der Waals surface area contributed by atoms with Crippen LogP contribution in [0.1, 0.15) is 34.5 Å². The van der Waals surface area contributed by atoms with Crippen LogP contribution < -0.4 is 4.74 Å². The first-order valence-corrected chi connectivity index (χ1v) is 8.79. The van der Waals surface area contributed by atoms with Crippen molar-refractivity contribution in [3.63, 3.8) is 0 Å². The Hall–Kier alpha value is -1.79. The van der Waals surface area contributed by atoms with E-state index in [9.17, 15) is 0 Å². The second-order valence-electron chi connectivity index (χ2n) is 5.43. The molecule has 0 aliphatic carbocycles. The van der Waals surface area contributed by atoms with Crippen molar-refractivity contribution < 1.29 is 9.15 Å². The van der Waals surface area contributed by atoms with Gasteiger partial charge in [-0.3, -0.25) is 0 Å². The van der Waals surface area contributed by atoms with Crippen molar-refractivity contribution in [2.75, 3.05) is 0 Å². The summed E-state index contributed by atoms with van der Waals surface area (Å²) in [6, 6.07) is 5.83. The Bertz CT molecular complexity index is 899. The molecule has 6 heteroatoms. The number of aryl methyl sites for hydroxylation is 2. The number of fused-ring (bicyclic) bond motifs is 1. The Morgan fingerprint density at radius 2 is 1.96 bits per heavy atom. The molecule has 0 unspecified atom stereocenters. The lowest BCUT2D eigenvalue weighted by atomic mass is 10.1. The van der Waals surface area contributed by atoms with Gasteiger partial charge in [0, 0.05) is 23.4 Å². The average molecular weight is 346 g/mol. The van der Waals surface area contributed by atoms with Crippen LogP contribution in [0.25, 0.3) is 11.0 Å². The highest BCUT2D eigenvalue weighted by atomic mass is 32.1. The van der Waals surface area contributed by atoms with Crippen LogP contribution in [-0.4, -0.2) is 10.2 Å². The third kappa shape index (κ3) is 3.43. The monoisotopic (exact) mass is 346 g/mol. The fourth-order valence-corrected chi connectivity index (χ4v) is 3.43. The van der Waals surface area contributed by atoms with Crippen LogP contribution in [0.5, 0.6) is 5.75 Å². The first-order valence-electron chi connectivity index (χ1n) is 7.56. The maximum Gasteiger partial charge on any atom is 0.193 e. The minimum atomic E-state index is 0.415. The zero-order chi connectivity index (χ0) is 16.4. The topological polar surface area (TPSA) is 48.2 Å². The molecule has 0 fully saturated rings. The van der Waals surface area contributed by atoms with Gasteiger partial charge in [0.15, 0.2) is 9.71 Å². The number of hydrogen-bond donors (Lipinski definition) is 0. The van der Waals surface area contributed by atoms with Gasteiger partial charge in [-0.25, -0.2) is 0 Å². The van der Waals surface area contributed by atoms with Gasteiger partial charge in [-0.2, -0.15) is 0 Å². The predicted molar refractivity (Wildman–Crippen MR) is 94.8 cm³/mol. The summed E-state index contributed by atoms with van der Waals surface area (Å²) >= 11 is 6.86. The van der Waals surface area contributed by atoms with Gasteiger partial charge in [-0.05, 0) is 50.2 Å². The normalized spacial score (nSPS) is 11.1. The molecule has 0 atom stereocenters. The molecular weight excluding hydrogens is 328 g/mol. The minimum Gasteiger partial charge on any atom is -0.486 e. The second kappa shape index (κ2) is 6.76. The van der Waals surface area contributed by atoms with Crippen molar-refractivity contribution in [1.29, 1.82) is 0 Å². The summed E-state index contributed by atoms with van der Waals surface area (Å²) in [6.07, 6.45) is 2.04. The van der Waals surface area contributed by atoms with Gasteiger partial charge in [0.1, 0.15) is 22.9 Å². The van der Waals surface area contributed by atoms with E-state index in [1.807, 2.05) is 25.1 Å². The fourth-order valence-electron chi connectivity index (χ4n) is 2.32. The Morgan fingerprint density at radius 3 is 2.74 bits per heavy atom. The lowest BCUT2D eigenvalue weighted by Crippen LogP contribution is -1.95. The molecule has 2 aromatic heterocycles. The van der Waals surface area contributed by atoms with Crippen LogP contribution in [0.4, 0.5) is 0 Å². The van der Waals surface area contributed by atoms with E-state index < -0.39 is 0 Å². The lowest BCUT2D eigenvalue weighted by molar-refractivity contribution is 0.304. The van der Waals surface area contributed by atoms with Crippen molar-refractivity contribution in [3.05, 3.63) is 44.0 Å². The van der Waals surface area contributed by atoms with Crippen molar-refractivity contribution >= 4 is 34.5 Å². The number of ether oxygens (including phenoxy) is 1. The smallest absolute Gasteiger partial charge is 0.193 e. The zero-order valence-corrected chi connectivity index (χ0v) is 15.0. The summed E-state index contributed by atoms with van der Waals surface area (Å²) < 4.78 is 12.1. The predicted octanol–water partition coefficient (Wildman–Crippen LogP) is 5.16. The molecule has 0 amide bonds. The van der Waals surface area contributed by atoms with E-state index in [4.69, 9.17) is 21.4 Å². The Balaban J connectivity index is 1.80. The number of aromatic nitrogens is 2. The van der Waals surface area contributed by atoms with Gasteiger partial charge in [0.25, 0.3) is 0 Å². The number of hydrogen-bond acceptors (Lipinski definition) is 6. The number of benzene rings is 1. The standard InChI is InChI=1S/C17H18N2O2S2/c1-4-5-15-18-19-16(23-15)9-20-12-6-7-13-10(2)11(3)17(22)21-14(13)8-12/h6-8H,4-5,9H2,1-3H3. The summed E-state index contributed by atoms with van der Waals surface area (Å²) in [7, 11) is 0. The van der Waals surface area contributed by atoms with E-state index in [0.29, 0.717) is 11.3 Å². The average Bonchev–Trinajstić information content (AvgIpc) is 2.98. The Morgan fingerprint density at radius 1 is 1.17 bits per heavy atom. The lowest BCUT2D eigenvalue weighted by Gasteiger charge is -2.08. The molecule has 0 radical (unpaired) electrons. The molecule has 0 aliphatic rings. The van der Waals surface area contributed by atoms with Crippen molar-refractivity contribution in [2.24, 2.45) is 0 Å². The van der Waals surface area contributed by atoms with E-state index >= 15 is 0 Å². The van der Waals surface area contributed by atoms with Crippen molar-refractivity contribution in [3.8, 4) is 5.75 Å².